The van der Waals surface area contributed by atoms with Gasteiger partial charge in [0.15, 0.2) is 0 Å². The molecule has 4 nitrogen and oxygen atoms in total. The van der Waals surface area contributed by atoms with Gasteiger partial charge in [-0.05, 0) is 45.4 Å². The second kappa shape index (κ2) is 5.30. The topological polar surface area (TPSA) is 32.8 Å². The molecule has 1 aromatic carbocycles. The van der Waals surface area contributed by atoms with E-state index >= 15 is 0 Å². The Hall–Kier alpha value is -1.49. The van der Waals surface area contributed by atoms with E-state index in [0.29, 0.717) is 23.8 Å². The van der Waals surface area contributed by atoms with Crippen molar-refractivity contribution in [2.75, 3.05) is 18.0 Å². The van der Waals surface area contributed by atoms with E-state index in [9.17, 15) is 9.18 Å². The summed E-state index contributed by atoms with van der Waals surface area (Å²) in [6.45, 7) is 6.77. The van der Waals surface area contributed by atoms with Gasteiger partial charge in [0.25, 0.3) is 0 Å². The van der Waals surface area contributed by atoms with Crippen LogP contribution in [-0.4, -0.2) is 41.8 Å². The maximum absolute atomic E-state index is 14.1. The minimum atomic E-state index is -0.499. The Kier molecular flexibility index (Phi) is 3.71. The Labute approximate surface area is 134 Å². The number of nitrogens with zero attached hydrogens (tertiary/aromatic N) is 2. The van der Waals surface area contributed by atoms with Crippen LogP contribution in [0.3, 0.4) is 0 Å². The SMILES string of the molecule is CC(C)(C)OC(=O)N1C[C@H]2C[C@@H]1CN2c1ccc(Cl)cc1F. The summed E-state index contributed by atoms with van der Waals surface area (Å²) in [5, 5.41) is 0.390. The number of piperazine rings is 1. The van der Waals surface area contributed by atoms with Gasteiger partial charge in [-0.1, -0.05) is 11.6 Å². The molecule has 2 saturated heterocycles. The van der Waals surface area contributed by atoms with E-state index in [1.807, 2.05) is 25.7 Å². The maximum atomic E-state index is 14.1. The number of carbonyl (C=O) groups excluding carboxylic acids is 1. The molecule has 0 N–H and O–H groups in total. The normalized spacial score (nSPS) is 24.0. The van der Waals surface area contributed by atoms with Crippen LogP contribution in [-0.2, 0) is 4.74 Å². The number of hydrogen-bond donors (Lipinski definition) is 0. The molecule has 2 heterocycles. The molecule has 1 aromatic rings. The van der Waals surface area contributed by atoms with Crippen LogP contribution in [0.5, 0.6) is 0 Å². The standard InChI is InChI=1S/C16H20ClFN2O2/c1-16(2,3)22-15(21)20-9-11-7-12(20)8-19(11)14-5-4-10(17)6-13(14)18/h4-6,11-12H,7-9H2,1-3H3/t11-,12-/m1/s1. The van der Waals surface area contributed by atoms with Crippen molar-refractivity contribution in [2.24, 2.45) is 0 Å². The van der Waals surface area contributed by atoms with Gasteiger partial charge in [-0.2, -0.15) is 0 Å². The molecule has 0 aromatic heterocycles. The molecule has 1 amide bonds. The van der Waals surface area contributed by atoms with Gasteiger partial charge in [0, 0.05) is 24.2 Å². The van der Waals surface area contributed by atoms with Gasteiger partial charge >= 0.3 is 6.09 Å². The van der Waals surface area contributed by atoms with Crippen LogP contribution < -0.4 is 4.90 Å². The molecule has 0 unspecified atom stereocenters. The number of amides is 1. The summed E-state index contributed by atoms with van der Waals surface area (Å²) < 4.78 is 19.5. The highest BCUT2D eigenvalue weighted by Gasteiger charge is 2.47. The number of halogens is 2. The summed E-state index contributed by atoms with van der Waals surface area (Å²) in [5.41, 5.74) is 0.0571. The van der Waals surface area contributed by atoms with E-state index < -0.39 is 5.60 Å². The quantitative estimate of drug-likeness (QED) is 0.789. The minimum Gasteiger partial charge on any atom is -0.444 e. The number of benzene rings is 1. The number of hydrogen-bond acceptors (Lipinski definition) is 3. The molecule has 0 radical (unpaired) electrons. The molecule has 22 heavy (non-hydrogen) atoms. The Morgan fingerprint density at radius 3 is 2.59 bits per heavy atom. The third-order valence-electron chi connectivity index (χ3n) is 4.09. The number of anilines is 1. The van der Waals surface area contributed by atoms with Gasteiger partial charge in [0.1, 0.15) is 11.4 Å². The van der Waals surface area contributed by atoms with Crippen molar-refractivity contribution >= 4 is 23.4 Å². The molecule has 0 aliphatic carbocycles. The van der Waals surface area contributed by atoms with Crippen LogP contribution in [0, 0.1) is 5.82 Å². The molecule has 2 atom stereocenters. The van der Waals surface area contributed by atoms with E-state index in [0.717, 1.165) is 6.42 Å². The van der Waals surface area contributed by atoms with Crippen LogP contribution in [0.25, 0.3) is 0 Å². The summed E-state index contributed by atoms with van der Waals surface area (Å²) in [6.07, 6.45) is 0.567. The summed E-state index contributed by atoms with van der Waals surface area (Å²) in [5.74, 6) is -0.316. The fourth-order valence-electron chi connectivity index (χ4n) is 3.22. The molecule has 120 valence electrons. The zero-order valence-electron chi connectivity index (χ0n) is 13.0. The van der Waals surface area contributed by atoms with Crippen LogP contribution in [0.1, 0.15) is 27.2 Å². The van der Waals surface area contributed by atoms with Crippen molar-refractivity contribution in [1.29, 1.82) is 0 Å². The second-order valence-corrected chi connectivity index (χ2v) is 7.36. The van der Waals surface area contributed by atoms with Crippen LogP contribution in [0.2, 0.25) is 5.02 Å². The third-order valence-corrected chi connectivity index (χ3v) is 4.32. The zero-order valence-corrected chi connectivity index (χ0v) is 13.7. The third kappa shape index (κ3) is 2.86. The highest BCUT2D eigenvalue weighted by Crippen LogP contribution is 2.37. The number of ether oxygens (including phenoxy) is 1. The largest absolute Gasteiger partial charge is 0.444 e. The highest BCUT2D eigenvalue weighted by atomic mass is 35.5. The fourth-order valence-corrected chi connectivity index (χ4v) is 3.38. The Morgan fingerprint density at radius 2 is 2.05 bits per heavy atom. The van der Waals surface area contributed by atoms with Gasteiger partial charge in [-0.3, -0.25) is 0 Å². The van der Waals surface area contributed by atoms with E-state index in [2.05, 4.69) is 0 Å². The molecule has 2 aliphatic rings. The molecule has 3 rings (SSSR count). The lowest BCUT2D eigenvalue weighted by Gasteiger charge is -2.36. The molecule has 2 fully saturated rings. The van der Waals surface area contributed by atoms with Gasteiger partial charge in [-0.15, -0.1) is 0 Å². The summed E-state index contributed by atoms with van der Waals surface area (Å²) in [4.78, 5) is 16.0. The van der Waals surface area contributed by atoms with Crippen LogP contribution in [0.4, 0.5) is 14.9 Å². The van der Waals surface area contributed by atoms with Crippen LogP contribution in [0.15, 0.2) is 18.2 Å². The molecule has 6 heteroatoms. The average Bonchev–Trinajstić information content (AvgIpc) is 2.96. The summed E-state index contributed by atoms with van der Waals surface area (Å²) in [7, 11) is 0. The van der Waals surface area contributed by atoms with Crippen LogP contribution >= 0.6 is 11.6 Å². The second-order valence-electron chi connectivity index (χ2n) is 6.92. The minimum absolute atomic E-state index is 0.0786. The van der Waals surface area contributed by atoms with Gasteiger partial charge < -0.3 is 14.5 Å². The first-order valence-corrected chi connectivity index (χ1v) is 7.84. The molecule has 2 bridgehead atoms. The van der Waals surface area contributed by atoms with Crippen molar-refractivity contribution in [1.82, 2.24) is 4.90 Å². The average molecular weight is 327 g/mol. The predicted molar refractivity (Wildman–Crippen MR) is 83.9 cm³/mol. The first-order valence-electron chi connectivity index (χ1n) is 7.46. The zero-order chi connectivity index (χ0) is 16.1. The van der Waals surface area contributed by atoms with E-state index in [-0.39, 0.29) is 24.0 Å². The van der Waals surface area contributed by atoms with E-state index in [1.165, 1.54) is 6.07 Å². The maximum Gasteiger partial charge on any atom is 0.410 e. The van der Waals surface area contributed by atoms with Crippen molar-refractivity contribution in [3.63, 3.8) is 0 Å². The van der Waals surface area contributed by atoms with Crippen molar-refractivity contribution < 1.29 is 13.9 Å². The van der Waals surface area contributed by atoms with Gasteiger partial charge in [-0.25, -0.2) is 9.18 Å². The smallest absolute Gasteiger partial charge is 0.410 e. The molecule has 0 spiro atoms. The highest BCUT2D eigenvalue weighted by molar-refractivity contribution is 6.30. The number of fused-ring (bicyclic) bond motifs is 2. The van der Waals surface area contributed by atoms with Crippen molar-refractivity contribution in [2.45, 2.75) is 44.9 Å². The lowest BCUT2D eigenvalue weighted by molar-refractivity contribution is 0.0214. The molecular weight excluding hydrogens is 307 g/mol. The summed E-state index contributed by atoms with van der Waals surface area (Å²) >= 11 is 5.80. The Bertz CT molecular complexity index is 602. The predicted octanol–water partition coefficient (Wildman–Crippen LogP) is 3.68. The van der Waals surface area contributed by atoms with Gasteiger partial charge in [0.2, 0.25) is 0 Å². The van der Waals surface area contributed by atoms with E-state index in [1.54, 1.807) is 17.0 Å². The first-order chi connectivity index (χ1) is 10.2. The summed E-state index contributed by atoms with van der Waals surface area (Å²) in [6, 6.07) is 4.94. The van der Waals surface area contributed by atoms with E-state index in [4.69, 9.17) is 16.3 Å². The lowest BCUT2D eigenvalue weighted by atomic mass is 10.2. The van der Waals surface area contributed by atoms with Crippen molar-refractivity contribution in [3.8, 4) is 0 Å². The lowest BCUT2D eigenvalue weighted by Crippen LogP contribution is -2.50. The number of rotatable bonds is 1. The first kappa shape index (κ1) is 15.4. The molecule has 2 aliphatic heterocycles. The molecular formula is C16H20ClFN2O2. The monoisotopic (exact) mass is 326 g/mol. The van der Waals surface area contributed by atoms with Gasteiger partial charge in [0.05, 0.1) is 11.7 Å². The van der Waals surface area contributed by atoms with Crippen molar-refractivity contribution in [3.05, 3.63) is 29.0 Å². The number of carbonyl (C=O) groups is 1. The number of likely N-dealkylation sites (tertiary alicyclic amines) is 1. The molecule has 0 saturated carbocycles. The fraction of sp³-hybridized carbons (Fsp3) is 0.562. The Balaban J connectivity index is 1.71. The Morgan fingerprint density at radius 1 is 1.32 bits per heavy atom.